The predicted octanol–water partition coefficient (Wildman–Crippen LogP) is 3.06. The van der Waals surface area contributed by atoms with Crippen LogP contribution in [0.25, 0.3) is 0 Å². The number of carbonyl (C=O) groups is 1. The maximum atomic E-state index is 11.5. The second kappa shape index (κ2) is 6.72. The lowest BCUT2D eigenvalue weighted by atomic mass is 9.63. The summed E-state index contributed by atoms with van der Waals surface area (Å²) < 4.78 is 16.7. The van der Waals surface area contributed by atoms with E-state index >= 15 is 0 Å². The van der Waals surface area contributed by atoms with Crippen molar-refractivity contribution in [2.75, 3.05) is 13.9 Å². The Morgan fingerprint density at radius 3 is 2.75 bits per heavy atom. The fraction of sp³-hybridized carbons (Fsp3) is 0.812. The SMILES string of the molecule is C=CC[C@]12[C@H](CCC[C@@H]1OC(C)=O)CC[C@@H]2OCOC. The molecule has 0 aromatic rings. The van der Waals surface area contributed by atoms with Gasteiger partial charge in [-0.3, -0.25) is 4.79 Å². The second-order valence-electron chi connectivity index (χ2n) is 5.97. The van der Waals surface area contributed by atoms with Crippen LogP contribution in [-0.2, 0) is 19.0 Å². The lowest BCUT2D eigenvalue weighted by Gasteiger charge is -2.47. The second-order valence-corrected chi connectivity index (χ2v) is 5.97. The minimum Gasteiger partial charge on any atom is -0.462 e. The third kappa shape index (κ3) is 2.77. The summed E-state index contributed by atoms with van der Waals surface area (Å²) in [6.07, 6.45) is 8.22. The van der Waals surface area contributed by atoms with Crippen molar-refractivity contribution < 1.29 is 19.0 Å². The molecule has 0 spiro atoms. The number of allylic oxidation sites excluding steroid dienone is 1. The Labute approximate surface area is 121 Å². The first-order chi connectivity index (χ1) is 9.65. The molecule has 0 amide bonds. The van der Waals surface area contributed by atoms with E-state index in [1.54, 1.807) is 7.11 Å². The van der Waals surface area contributed by atoms with Gasteiger partial charge in [-0.2, -0.15) is 0 Å². The highest BCUT2D eigenvalue weighted by Gasteiger charge is 2.57. The van der Waals surface area contributed by atoms with Gasteiger partial charge in [-0.25, -0.2) is 0 Å². The number of hydrogen-bond acceptors (Lipinski definition) is 4. The van der Waals surface area contributed by atoms with Crippen molar-refractivity contribution in [2.24, 2.45) is 11.3 Å². The van der Waals surface area contributed by atoms with Crippen molar-refractivity contribution in [3.05, 3.63) is 12.7 Å². The summed E-state index contributed by atoms with van der Waals surface area (Å²) in [5.41, 5.74) is -0.107. The van der Waals surface area contributed by atoms with E-state index in [9.17, 15) is 4.79 Å². The fourth-order valence-electron chi connectivity index (χ4n) is 4.29. The molecule has 2 saturated carbocycles. The van der Waals surface area contributed by atoms with Gasteiger partial charge in [-0.1, -0.05) is 6.08 Å². The Morgan fingerprint density at radius 2 is 2.10 bits per heavy atom. The van der Waals surface area contributed by atoms with E-state index in [-0.39, 0.29) is 23.6 Å². The molecule has 4 nitrogen and oxygen atoms in total. The molecule has 0 aromatic carbocycles. The first-order valence-electron chi connectivity index (χ1n) is 7.53. The molecule has 2 aliphatic carbocycles. The molecule has 0 N–H and O–H groups in total. The molecule has 0 radical (unpaired) electrons. The number of carbonyl (C=O) groups excluding carboxylic acids is 1. The van der Waals surface area contributed by atoms with Crippen LogP contribution in [-0.4, -0.2) is 32.1 Å². The Balaban J connectivity index is 2.25. The quantitative estimate of drug-likeness (QED) is 0.427. The molecule has 0 saturated heterocycles. The molecule has 0 bridgehead atoms. The van der Waals surface area contributed by atoms with Crippen molar-refractivity contribution in [2.45, 2.75) is 57.7 Å². The summed E-state index contributed by atoms with van der Waals surface area (Å²) >= 11 is 0. The first kappa shape index (κ1) is 15.5. The van der Waals surface area contributed by atoms with Crippen molar-refractivity contribution in [3.8, 4) is 0 Å². The zero-order valence-corrected chi connectivity index (χ0v) is 12.6. The average Bonchev–Trinajstić information content (AvgIpc) is 2.76. The maximum absolute atomic E-state index is 11.5. The molecule has 20 heavy (non-hydrogen) atoms. The van der Waals surface area contributed by atoms with Gasteiger partial charge in [0.2, 0.25) is 0 Å². The third-order valence-corrected chi connectivity index (χ3v) is 4.95. The zero-order valence-electron chi connectivity index (χ0n) is 12.6. The summed E-state index contributed by atoms with van der Waals surface area (Å²) in [5.74, 6) is 0.358. The Kier molecular flexibility index (Phi) is 5.22. The highest BCUT2D eigenvalue weighted by atomic mass is 16.7. The number of esters is 1. The van der Waals surface area contributed by atoms with Crippen LogP contribution in [0, 0.1) is 11.3 Å². The van der Waals surface area contributed by atoms with E-state index in [0.717, 1.165) is 32.1 Å². The summed E-state index contributed by atoms with van der Waals surface area (Å²) in [7, 11) is 1.64. The standard InChI is InChI=1S/C16H26O4/c1-4-10-16-13(8-9-14(16)19-11-18-3)6-5-7-15(16)20-12(2)17/h4,13-15H,1,5-11H2,2-3H3/t13-,14+,15+,16-/m1/s1. The van der Waals surface area contributed by atoms with E-state index in [1.807, 2.05) is 6.08 Å². The van der Waals surface area contributed by atoms with Crippen LogP contribution >= 0.6 is 0 Å². The maximum Gasteiger partial charge on any atom is 0.302 e. The monoisotopic (exact) mass is 282 g/mol. The molecular formula is C16H26O4. The third-order valence-electron chi connectivity index (χ3n) is 4.95. The minimum atomic E-state index is -0.198. The lowest BCUT2D eigenvalue weighted by molar-refractivity contribution is -0.183. The Morgan fingerprint density at radius 1 is 1.30 bits per heavy atom. The lowest BCUT2D eigenvalue weighted by Crippen LogP contribution is -2.51. The molecule has 4 atom stereocenters. The fourth-order valence-corrected chi connectivity index (χ4v) is 4.29. The first-order valence-corrected chi connectivity index (χ1v) is 7.53. The molecular weight excluding hydrogens is 256 g/mol. The predicted molar refractivity (Wildman–Crippen MR) is 76.1 cm³/mol. The highest BCUT2D eigenvalue weighted by Crippen LogP contribution is 2.56. The normalized spacial score (nSPS) is 36.4. The zero-order chi connectivity index (χ0) is 14.6. The van der Waals surface area contributed by atoms with Crippen molar-refractivity contribution in [3.63, 3.8) is 0 Å². The van der Waals surface area contributed by atoms with Crippen LogP contribution in [0.5, 0.6) is 0 Å². The van der Waals surface area contributed by atoms with Crippen molar-refractivity contribution in [1.82, 2.24) is 0 Å². The van der Waals surface area contributed by atoms with Gasteiger partial charge in [0, 0.05) is 19.4 Å². The largest absolute Gasteiger partial charge is 0.462 e. The molecule has 0 heterocycles. The molecule has 2 aliphatic rings. The molecule has 0 aliphatic heterocycles. The summed E-state index contributed by atoms with van der Waals surface area (Å²) in [6, 6.07) is 0. The average molecular weight is 282 g/mol. The van der Waals surface area contributed by atoms with Gasteiger partial charge in [-0.05, 0) is 44.4 Å². The van der Waals surface area contributed by atoms with Crippen LogP contribution in [0.2, 0.25) is 0 Å². The van der Waals surface area contributed by atoms with Crippen molar-refractivity contribution >= 4 is 5.97 Å². The molecule has 2 fully saturated rings. The topological polar surface area (TPSA) is 44.8 Å². The minimum absolute atomic E-state index is 0.0545. The van der Waals surface area contributed by atoms with E-state index in [4.69, 9.17) is 14.2 Å². The van der Waals surface area contributed by atoms with E-state index in [2.05, 4.69) is 6.58 Å². The number of ether oxygens (including phenoxy) is 3. The van der Waals surface area contributed by atoms with Gasteiger partial charge in [0.25, 0.3) is 0 Å². The van der Waals surface area contributed by atoms with Gasteiger partial charge < -0.3 is 14.2 Å². The van der Waals surface area contributed by atoms with Crippen molar-refractivity contribution in [1.29, 1.82) is 0 Å². The van der Waals surface area contributed by atoms with Crippen LogP contribution < -0.4 is 0 Å². The molecule has 0 aromatic heterocycles. The number of methoxy groups -OCH3 is 1. The van der Waals surface area contributed by atoms with Gasteiger partial charge in [0.05, 0.1) is 6.10 Å². The molecule has 114 valence electrons. The van der Waals surface area contributed by atoms with Crippen LogP contribution in [0.15, 0.2) is 12.7 Å². The Bertz CT molecular complexity index is 354. The van der Waals surface area contributed by atoms with E-state index in [1.165, 1.54) is 13.3 Å². The van der Waals surface area contributed by atoms with Gasteiger partial charge >= 0.3 is 5.97 Å². The van der Waals surface area contributed by atoms with Crippen LogP contribution in [0.4, 0.5) is 0 Å². The van der Waals surface area contributed by atoms with E-state index < -0.39 is 0 Å². The van der Waals surface area contributed by atoms with E-state index in [0.29, 0.717) is 12.7 Å². The number of hydrogen-bond donors (Lipinski definition) is 0. The smallest absolute Gasteiger partial charge is 0.302 e. The molecule has 0 unspecified atom stereocenters. The molecule has 2 rings (SSSR count). The summed E-state index contributed by atoms with van der Waals surface area (Å²) in [4.78, 5) is 11.5. The Hall–Kier alpha value is -0.870. The molecule has 4 heteroatoms. The van der Waals surface area contributed by atoms with Gasteiger partial charge in [-0.15, -0.1) is 6.58 Å². The number of fused-ring (bicyclic) bond motifs is 1. The highest BCUT2D eigenvalue weighted by molar-refractivity contribution is 5.66. The van der Waals surface area contributed by atoms with Crippen LogP contribution in [0.3, 0.4) is 0 Å². The number of rotatable bonds is 6. The van der Waals surface area contributed by atoms with Gasteiger partial charge in [0.1, 0.15) is 12.9 Å². The van der Waals surface area contributed by atoms with Gasteiger partial charge in [0.15, 0.2) is 0 Å². The van der Waals surface area contributed by atoms with Crippen LogP contribution in [0.1, 0.15) is 45.4 Å². The summed E-state index contributed by atoms with van der Waals surface area (Å²) in [6.45, 7) is 5.70. The summed E-state index contributed by atoms with van der Waals surface area (Å²) in [5, 5.41) is 0.